The van der Waals surface area contributed by atoms with E-state index in [4.69, 9.17) is 0 Å². The average Bonchev–Trinajstić information content (AvgIpc) is 2.40. The second-order valence-corrected chi connectivity index (χ2v) is 5.82. The van der Waals surface area contributed by atoms with Gasteiger partial charge >= 0.3 is 0 Å². The Hall–Kier alpha value is -0.870. The summed E-state index contributed by atoms with van der Waals surface area (Å²) in [5.41, 5.74) is 0.754. The molecule has 1 atom stereocenters. The second-order valence-electron chi connectivity index (χ2n) is 4.90. The summed E-state index contributed by atoms with van der Waals surface area (Å²) < 4.78 is 0.998. The molecule has 1 unspecified atom stereocenters. The van der Waals surface area contributed by atoms with Gasteiger partial charge in [-0.3, -0.25) is 4.79 Å². The summed E-state index contributed by atoms with van der Waals surface area (Å²) in [5.74, 6) is 0.691. The predicted molar refractivity (Wildman–Crippen MR) is 76.7 cm³/mol. The number of halogens is 1. The summed E-state index contributed by atoms with van der Waals surface area (Å²) in [6, 6.07) is 7.54. The Bertz CT molecular complexity index is 399. The lowest BCUT2D eigenvalue weighted by molar-refractivity contribution is 0.0764. The zero-order valence-electron chi connectivity index (χ0n) is 10.7. The van der Waals surface area contributed by atoms with Gasteiger partial charge in [-0.2, -0.15) is 0 Å². The van der Waals surface area contributed by atoms with E-state index in [0.29, 0.717) is 5.92 Å². The average molecular weight is 311 g/mol. The van der Waals surface area contributed by atoms with E-state index in [9.17, 15) is 4.79 Å². The van der Waals surface area contributed by atoms with Crippen molar-refractivity contribution in [2.75, 3.05) is 26.7 Å². The quantitative estimate of drug-likeness (QED) is 0.930. The van der Waals surface area contributed by atoms with E-state index in [1.54, 1.807) is 0 Å². The smallest absolute Gasteiger partial charge is 0.253 e. The highest BCUT2D eigenvalue weighted by molar-refractivity contribution is 9.10. The molecule has 2 rings (SSSR count). The number of carbonyl (C=O) groups excluding carboxylic acids is 1. The largest absolute Gasteiger partial charge is 0.341 e. The molecule has 1 aliphatic heterocycles. The molecule has 0 saturated carbocycles. The molecular weight excluding hydrogens is 292 g/mol. The highest BCUT2D eigenvalue weighted by Gasteiger charge is 2.18. The molecule has 0 spiro atoms. The molecule has 0 aliphatic carbocycles. The van der Waals surface area contributed by atoms with Crippen molar-refractivity contribution >= 4 is 21.8 Å². The van der Waals surface area contributed by atoms with Crippen molar-refractivity contribution < 1.29 is 4.79 Å². The van der Waals surface area contributed by atoms with Crippen molar-refractivity contribution in [1.82, 2.24) is 10.2 Å². The van der Waals surface area contributed by atoms with Crippen LogP contribution in [0.5, 0.6) is 0 Å². The van der Waals surface area contributed by atoms with Crippen LogP contribution >= 0.6 is 15.9 Å². The predicted octanol–water partition coefficient (Wildman–Crippen LogP) is 2.52. The Balaban J connectivity index is 1.93. The van der Waals surface area contributed by atoms with Crippen LogP contribution in [0.25, 0.3) is 0 Å². The van der Waals surface area contributed by atoms with Crippen molar-refractivity contribution in [2.24, 2.45) is 5.92 Å². The molecule has 0 radical (unpaired) electrons. The maximum absolute atomic E-state index is 12.2. The molecule has 98 valence electrons. The number of benzene rings is 1. The highest BCUT2D eigenvalue weighted by Crippen LogP contribution is 2.15. The summed E-state index contributed by atoms with van der Waals surface area (Å²) in [6.07, 6.45) is 2.43. The molecule has 1 fully saturated rings. The zero-order chi connectivity index (χ0) is 13.0. The van der Waals surface area contributed by atoms with Gasteiger partial charge in [-0.05, 0) is 56.1 Å². The minimum absolute atomic E-state index is 0.105. The van der Waals surface area contributed by atoms with Gasteiger partial charge in [0.1, 0.15) is 0 Å². The molecule has 1 aliphatic rings. The Morgan fingerprint density at radius 2 is 2.17 bits per heavy atom. The first-order valence-electron chi connectivity index (χ1n) is 6.38. The normalized spacial score (nSPS) is 19.6. The third-order valence-corrected chi connectivity index (χ3v) is 3.90. The fourth-order valence-corrected chi connectivity index (χ4v) is 2.63. The fourth-order valence-electron chi connectivity index (χ4n) is 2.36. The SMILES string of the molecule is CN(CC1CCCNC1)C(=O)c1ccc(Br)cc1. The van der Waals surface area contributed by atoms with Crippen molar-refractivity contribution in [3.63, 3.8) is 0 Å². The van der Waals surface area contributed by atoms with E-state index >= 15 is 0 Å². The lowest BCUT2D eigenvalue weighted by Crippen LogP contribution is -2.39. The first-order valence-corrected chi connectivity index (χ1v) is 7.18. The number of nitrogens with one attached hydrogen (secondary N) is 1. The number of nitrogens with zero attached hydrogens (tertiary/aromatic N) is 1. The lowest BCUT2D eigenvalue weighted by Gasteiger charge is -2.27. The van der Waals surface area contributed by atoms with E-state index in [2.05, 4.69) is 21.2 Å². The van der Waals surface area contributed by atoms with Gasteiger partial charge in [0.25, 0.3) is 5.91 Å². The van der Waals surface area contributed by atoms with Gasteiger partial charge in [0.05, 0.1) is 0 Å². The third kappa shape index (κ3) is 3.56. The maximum atomic E-state index is 12.2. The molecule has 1 heterocycles. The van der Waals surface area contributed by atoms with Crippen molar-refractivity contribution in [3.05, 3.63) is 34.3 Å². The molecule has 1 saturated heterocycles. The number of piperidine rings is 1. The molecule has 0 aromatic heterocycles. The van der Waals surface area contributed by atoms with Crippen LogP contribution in [-0.2, 0) is 0 Å². The molecule has 1 N–H and O–H groups in total. The molecule has 18 heavy (non-hydrogen) atoms. The molecule has 1 amide bonds. The Kier molecular flexibility index (Phi) is 4.78. The van der Waals surface area contributed by atoms with Crippen LogP contribution < -0.4 is 5.32 Å². The van der Waals surface area contributed by atoms with Crippen molar-refractivity contribution in [3.8, 4) is 0 Å². The molecular formula is C14H19BrN2O. The molecule has 1 aromatic rings. The van der Waals surface area contributed by atoms with Gasteiger partial charge in [0.15, 0.2) is 0 Å². The molecule has 1 aromatic carbocycles. The van der Waals surface area contributed by atoms with Crippen LogP contribution in [0.3, 0.4) is 0 Å². The topological polar surface area (TPSA) is 32.3 Å². The Morgan fingerprint density at radius 1 is 1.44 bits per heavy atom. The summed E-state index contributed by atoms with van der Waals surface area (Å²) >= 11 is 3.38. The van der Waals surface area contributed by atoms with E-state index in [0.717, 1.165) is 29.7 Å². The van der Waals surface area contributed by atoms with Gasteiger partial charge in [0.2, 0.25) is 0 Å². The monoisotopic (exact) mass is 310 g/mol. The first kappa shape index (κ1) is 13.6. The maximum Gasteiger partial charge on any atom is 0.253 e. The van der Waals surface area contributed by atoms with Crippen LogP contribution in [0, 0.1) is 5.92 Å². The minimum atomic E-state index is 0.105. The summed E-state index contributed by atoms with van der Waals surface area (Å²) in [6.45, 7) is 2.97. The Labute approximate surface area is 117 Å². The van der Waals surface area contributed by atoms with Crippen LogP contribution in [0.2, 0.25) is 0 Å². The van der Waals surface area contributed by atoms with E-state index in [-0.39, 0.29) is 5.91 Å². The minimum Gasteiger partial charge on any atom is -0.341 e. The van der Waals surface area contributed by atoms with Crippen molar-refractivity contribution in [2.45, 2.75) is 12.8 Å². The second kappa shape index (κ2) is 6.34. The number of rotatable bonds is 3. The van der Waals surface area contributed by atoms with Crippen LogP contribution in [0.15, 0.2) is 28.7 Å². The number of hydrogen-bond acceptors (Lipinski definition) is 2. The fraction of sp³-hybridized carbons (Fsp3) is 0.500. The van der Waals surface area contributed by atoms with E-state index < -0.39 is 0 Å². The molecule has 3 nitrogen and oxygen atoms in total. The molecule has 4 heteroatoms. The van der Waals surface area contributed by atoms with Gasteiger partial charge in [-0.25, -0.2) is 0 Å². The van der Waals surface area contributed by atoms with Crippen LogP contribution in [-0.4, -0.2) is 37.5 Å². The van der Waals surface area contributed by atoms with Gasteiger partial charge in [-0.1, -0.05) is 15.9 Å². The van der Waals surface area contributed by atoms with Crippen LogP contribution in [0.4, 0.5) is 0 Å². The number of carbonyl (C=O) groups is 1. The number of hydrogen-bond donors (Lipinski definition) is 1. The van der Waals surface area contributed by atoms with Crippen molar-refractivity contribution in [1.29, 1.82) is 0 Å². The van der Waals surface area contributed by atoms with Gasteiger partial charge in [-0.15, -0.1) is 0 Å². The summed E-state index contributed by atoms with van der Waals surface area (Å²) in [4.78, 5) is 14.1. The van der Waals surface area contributed by atoms with Gasteiger partial charge < -0.3 is 10.2 Å². The molecule has 0 bridgehead atoms. The highest BCUT2D eigenvalue weighted by atomic mass is 79.9. The van der Waals surface area contributed by atoms with Crippen LogP contribution in [0.1, 0.15) is 23.2 Å². The summed E-state index contributed by atoms with van der Waals surface area (Å²) in [5, 5.41) is 3.38. The van der Waals surface area contributed by atoms with E-state index in [1.807, 2.05) is 36.2 Å². The zero-order valence-corrected chi connectivity index (χ0v) is 12.2. The Morgan fingerprint density at radius 3 is 2.78 bits per heavy atom. The number of amides is 1. The van der Waals surface area contributed by atoms with Gasteiger partial charge in [0, 0.05) is 23.6 Å². The summed E-state index contributed by atoms with van der Waals surface area (Å²) in [7, 11) is 1.89. The van der Waals surface area contributed by atoms with E-state index in [1.165, 1.54) is 12.8 Å². The standard InChI is InChI=1S/C14H19BrN2O/c1-17(10-11-3-2-8-16-9-11)14(18)12-4-6-13(15)7-5-12/h4-7,11,16H,2-3,8-10H2,1H3. The third-order valence-electron chi connectivity index (χ3n) is 3.37. The lowest BCUT2D eigenvalue weighted by atomic mass is 9.99. The first-order chi connectivity index (χ1) is 8.66.